The van der Waals surface area contributed by atoms with Crippen molar-refractivity contribution in [3.05, 3.63) is 30.0 Å². The molecular weight excluding hydrogens is 214 g/mol. The third-order valence-electron chi connectivity index (χ3n) is 2.57. The molecule has 0 amide bonds. The molecular formula is C12H17N5. The van der Waals surface area contributed by atoms with E-state index in [2.05, 4.69) is 35.7 Å². The Bertz CT molecular complexity index is 536. The predicted molar refractivity (Wildman–Crippen MR) is 67.0 cm³/mol. The molecule has 0 aliphatic heterocycles. The van der Waals surface area contributed by atoms with Crippen molar-refractivity contribution < 1.29 is 0 Å². The summed E-state index contributed by atoms with van der Waals surface area (Å²) < 4.78 is 1.90. The zero-order valence-corrected chi connectivity index (χ0v) is 10.6. The van der Waals surface area contributed by atoms with Gasteiger partial charge in [0.25, 0.3) is 0 Å². The van der Waals surface area contributed by atoms with Crippen molar-refractivity contribution in [1.82, 2.24) is 19.5 Å². The van der Waals surface area contributed by atoms with Crippen LogP contribution in [0.5, 0.6) is 0 Å². The van der Waals surface area contributed by atoms with Crippen molar-refractivity contribution in [2.45, 2.75) is 33.1 Å². The maximum Gasteiger partial charge on any atom is 0.222 e. The van der Waals surface area contributed by atoms with Crippen LogP contribution in [0.25, 0.3) is 5.82 Å². The standard InChI is InChI=1S/C12H17N5/c1-8-14-5-6-17(8)10-7-9(12(2,3)4)15-11(13)16-10/h5-7H,1-4H3,(H2,13,15,16). The van der Waals surface area contributed by atoms with Crippen molar-refractivity contribution in [3.8, 4) is 5.82 Å². The molecule has 90 valence electrons. The summed E-state index contributed by atoms with van der Waals surface area (Å²) in [6, 6.07) is 1.95. The summed E-state index contributed by atoms with van der Waals surface area (Å²) in [5.74, 6) is 1.93. The van der Waals surface area contributed by atoms with Crippen LogP contribution in [0.1, 0.15) is 32.3 Å². The van der Waals surface area contributed by atoms with Gasteiger partial charge in [0.15, 0.2) is 0 Å². The molecule has 0 aliphatic rings. The predicted octanol–water partition coefficient (Wildman–Crippen LogP) is 1.85. The molecule has 17 heavy (non-hydrogen) atoms. The second kappa shape index (κ2) is 3.84. The van der Waals surface area contributed by atoms with E-state index in [0.29, 0.717) is 5.95 Å². The van der Waals surface area contributed by atoms with Crippen LogP contribution in [-0.2, 0) is 5.41 Å². The maximum atomic E-state index is 5.76. The van der Waals surface area contributed by atoms with E-state index in [1.807, 2.05) is 23.8 Å². The Kier molecular flexibility index (Phi) is 2.61. The number of aryl methyl sites for hydroxylation is 1. The van der Waals surface area contributed by atoms with Crippen molar-refractivity contribution >= 4 is 5.95 Å². The first-order valence-corrected chi connectivity index (χ1v) is 5.53. The number of aromatic nitrogens is 4. The van der Waals surface area contributed by atoms with Gasteiger partial charge in [-0.25, -0.2) is 9.97 Å². The number of nitrogens with two attached hydrogens (primary N) is 1. The molecule has 0 radical (unpaired) electrons. The second-order valence-electron chi connectivity index (χ2n) is 5.06. The second-order valence-corrected chi connectivity index (χ2v) is 5.06. The number of hydrogen-bond donors (Lipinski definition) is 1. The Morgan fingerprint density at radius 1 is 1.24 bits per heavy atom. The molecule has 0 aliphatic carbocycles. The number of anilines is 1. The number of nitrogen functional groups attached to an aromatic ring is 1. The summed E-state index contributed by atoms with van der Waals surface area (Å²) in [6.45, 7) is 8.22. The van der Waals surface area contributed by atoms with Gasteiger partial charge in [-0.2, -0.15) is 4.98 Å². The molecule has 2 aromatic heterocycles. The molecule has 0 unspecified atom stereocenters. The number of nitrogens with zero attached hydrogens (tertiary/aromatic N) is 4. The number of imidazole rings is 1. The molecule has 0 spiro atoms. The molecule has 0 saturated heterocycles. The summed E-state index contributed by atoms with van der Waals surface area (Å²) >= 11 is 0. The lowest BCUT2D eigenvalue weighted by atomic mass is 9.92. The summed E-state index contributed by atoms with van der Waals surface area (Å²) in [5.41, 5.74) is 6.63. The maximum absolute atomic E-state index is 5.76. The van der Waals surface area contributed by atoms with Crippen LogP contribution in [-0.4, -0.2) is 19.5 Å². The van der Waals surface area contributed by atoms with Crippen LogP contribution < -0.4 is 5.73 Å². The van der Waals surface area contributed by atoms with Crippen molar-refractivity contribution in [1.29, 1.82) is 0 Å². The monoisotopic (exact) mass is 231 g/mol. The fourth-order valence-electron chi connectivity index (χ4n) is 1.58. The van der Waals surface area contributed by atoms with E-state index in [1.54, 1.807) is 6.20 Å². The van der Waals surface area contributed by atoms with Crippen molar-refractivity contribution in [3.63, 3.8) is 0 Å². The highest BCUT2D eigenvalue weighted by Gasteiger charge is 2.18. The number of rotatable bonds is 1. The van der Waals surface area contributed by atoms with Gasteiger partial charge in [-0.05, 0) is 6.92 Å². The average Bonchev–Trinajstić information content (AvgIpc) is 2.62. The van der Waals surface area contributed by atoms with Crippen molar-refractivity contribution in [2.75, 3.05) is 5.73 Å². The zero-order chi connectivity index (χ0) is 12.6. The van der Waals surface area contributed by atoms with E-state index in [9.17, 15) is 0 Å². The largest absolute Gasteiger partial charge is 0.368 e. The SMILES string of the molecule is Cc1nccn1-c1cc(C(C)(C)C)nc(N)n1. The van der Waals surface area contributed by atoms with Crippen LogP contribution in [0.2, 0.25) is 0 Å². The summed E-state index contributed by atoms with van der Waals surface area (Å²) in [6.07, 6.45) is 3.61. The van der Waals surface area contributed by atoms with Crippen LogP contribution >= 0.6 is 0 Å². The minimum absolute atomic E-state index is 0.0553. The topological polar surface area (TPSA) is 69.6 Å². The normalized spacial score (nSPS) is 11.8. The molecule has 0 atom stereocenters. The van der Waals surface area contributed by atoms with Gasteiger partial charge >= 0.3 is 0 Å². The molecule has 2 aromatic rings. The third-order valence-corrected chi connectivity index (χ3v) is 2.57. The van der Waals surface area contributed by atoms with E-state index in [0.717, 1.165) is 17.3 Å². The quantitative estimate of drug-likeness (QED) is 0.813. The van der Waals surface area contributed by atoms with Crippen LogP contribution in [0.3, 0.4) is 0 Å². The van der Waals surface area contributed by atoms with E-state index in [-0.39, 0.29) is 5.41 Å². The third kappa shape index (κ3) is 2.27. The first-order chi connectivity index (χ1) is 7.88. The molecule has 2 N–H and O–H groups in total. The minimum Gasteiger partial charge on any atom is -0.368 e. The highest BCUT2D eigenvalue weighted by Crippen LogP contribution is 2.22. The van der Waals surface area contributed by atoms with Gasteiger partial charge in [0.1, 0.15) is 11.6 Å². The molecule has 0 aromatic carbocycles. The Labute approximate surface area is 101 Å². The highest BCUT2D eigenvalue weighted by atomic mass is 15.2. The minimum atomic E-state index is -0.0553. The van der Waals surface area contributed by atoms with Crippen LogP contribution in [0.15, 0.2) is 18.5 Å². The molecule has 2 rings (SSSR count). The molecule has 0 bridgehead atoms. The van der Waals surface area contributed by atoms with Gasteiger partial charge < -0.3 is 5.73 Å². The fraction of sp³-hybridized carbons (Fsp3) is 0.417. The van der Waals surface area contributed by atoms with Gasteiger partial charge in [-0.3, -0.25) is 4.57 Å². The van der Waals surface area contributed by atoms with Gasteiger partial charge in [-0.15, -0.1) is 0 Å². The summed E-state index contributed by atoms with van der Waals surface area (Å²) in [4.78, 5) is 12.7. The van der Waals surface area contributed by atoms with E-state index >= 15 is 0 Å². The summed E-state index contributed by atoms with van der Waals surface area (Å²) in [5, 5.41) is 0. The van der Waals surface area contributed by atoms with Gasteiger partial charge in [0.2, 0.25) is 5.95 Å². The van der Waals surface area contributed by atoms with Gasteiger partial charge in [0.05, 0.1) is 5.69 Å². The molecule has 0 fully saturated rings. The Balaban J connectivity index is 2.57. The van der Waals surface area contributed by atoms with Gasteiger partial charge in [0, 0.05) is 23.9 Å². The Morgan fingerprint density at radius 3 is 2.47 bits per heavy atom. The highest BCUT2D eigenvalue weighted by molar-refractivity contribution is 5.35. The van der Waals surface area contributed by atoms with Gasteiger partial charge in [-0.1, -0.05) is 20.8 Å². The average molecular weight is 231 g/mol. The first kappa shape index (κ1) is 11.6. The first-order valence-electron chi connectivity index (χ1n) is 5.53. The van der Waals surface area contributed by atoms with Crippen LogP contribution in [0, 0.1) is 6.92 Å². The Hall–Kier alpha value is -1.91. The molecule has 2 heterocycles. The van der Waals surface area contributed by atoms with E-state index in [1.165, 1.54) is 0 Å². The lowest BCUT2D eigenvalue weighted by molar-refractivity contribution is 0.567. The lowest BCUT2D eigenvalue weighted by Crippen LogP contribution is -2.16. The van der Waals surface area contributed by atoms with Crippen molar-refractivity contribution in [2.24, 2.45) is 0 Å². The van der Waals surface area contributed by atoms with E-state index < -0.39 is 0 Å². The van der Waals surface area contributed by atoms with E-state index in [4.69, 9.17) is 5.73 Å². The fourth-order valence-corrected chi connectivity index (χ4v) is 1.58. The lowest BCUT2D eigenvalue weighted by Gasteiger charge is -2.18. The number of hydrogen-bond acceptors (Lipinski definition) is 4. The zero-order valence-electron chi connectivity index (χ0n) is 10.6. The summed E-state index contributed by atoms with van der Waals surface area (Å²) in [7, 11) is 0. The van der Waals surface area contributed by atoms with Crippen LogP contribution in [0.4, 0.5) is 5.95 Å². The molecule has 5 heteroatoms. The Morgan fingerprint density at radius 2 is 1.94 bits per heavy atom. The molecule has 0 saturated carbocycles. The molecule has 5 nitrogen and oxygen atoms in total. The smallest absolute Gasteiger partial charge is 0.222 e.